The summed E-state index contributed by atoms with van der Waals surface area (Å²) in [5, 5.41) is 11.1. The molecule has 0 spiro atoms. The van der Waals surface area contributed by atoms with Gasteiger partial charge in [-0.05, 0) is 44.6 Å². The highest BCUT2D eigenvalue weighted by Gasteiger charge is 2.12. The van der Waals surface area contributed by atoms with Crippen molar-refractivity contribution in [3.63, 3.8) is 0 Å². The fourth-order valence-corrected chi connectivity index (χ4v) is 7.19. The summed E-state index contributed by atoms with van der Waals surface area (Å²) in [6, 6.07) is 0. The predicted molar refractivity (Wildman–Crippen MR) is 226 cm³/mol. The molecular weight excluding hydrogens is 659 g/mol. The number of carboxylic acid groups (broad SMARTS) is 1. The molecular formula is C47H89NO5. The molecule has 0 aliphatic heterocycles. The molecule has 0 saturated carbocycles. The molecule has 0 rings (SSSR count). The van der Waals surface area contributed by atoms with Gasteiger partial charge in [0.25, 0.3) is 0 Å². The molecule has 312 valence electrons. The largest absolute Gasteiger partial charge is 0.480 e. The lowest BCUT2D eigenvalue weighted by molar-refractivity contribution is -0.147. The van der Waals surface area contributed by atoms with Gasteiger partial charge in [-0.2, -0.15) is 0 Å². The van der Waals surface area contributed by atoms with Crippen molar-refractivity contribution in [1.82, 2.24) is 5.32 Å². The first-order chi connectivity index (χ1) is 26.0. The van der Waals surface area contributed by atoms with Crippen LogP contribution in [0.4, 0.5) is 0 Å². The van der Waals surface area contributed by atoms with Gasteiger partial charge >= 0.3 is 11.9 Å². The van der Waals surface area contributed by atoms with Gasteiger partial charge in [-0.25, -0.2) is 0 Å². The highest BCUT2D eigenvalue weighted by Crippen LogP contribution is 2.17. The van der Waals surface area contributed by atoms with Gasteiger partial charge in [0.05, 0.1) is 0 Å². The first kappa shape index (κ1) is 51.1. The second kappa shape index (κ2) is 42.9. The Labute approximate surface area is 329 Å². The zero-order chi connectivity index (χ0) is 38.7. The molecule has 0 bridgehead atoms. The molecule has 0 heterocycles. The van der Waals surface area contributed by atoms with Crippen LogP contribution in [-0.4, -0.2) is 35.6 Å². The van der Waals surface area contributed by atoms with Crippen LogP contribution < -0.4 is 5.32 Å². The van der Waals surface area contributed by atoms with Gasteiger partial charge in [-0.1, -0.05) is 213 Å². The summed E-state index contributed by atoms with van der Waals surface area (Å²) in [6.07, 6.45) is 50.9. The van der Waals surface area contributed by atoms with Crippen molar-refractivity contribution in [3.8, 4) is 0 Å². The molecule has 0 fully saturated rings. The number of rotatable bonds is 43. The summed E-state index contributed by atoms with van der Waals surface area (Å²) in [6.45, 7) is 4.24. The van der Waals surface area contributed by atoms with E-state index in [1.807, 2.05) is 0 Å². The highest BCUT2D eigenvalue weighted by atomic mass is 16.5. The minimum absolute atomic E-state index is 0.0476. The van der Waals surface area contributed by atoms with Crippen LogP contribution in [0.2, 0.25) is 0 Å². The van der Waals surface area contributed by atoms with Crippen LogP contribution in [0.3, 0.4) is 0 Å². The number of aliphatic carboxylic acids is 1. The van der Waals surface area contributed by atoms with E-state index in [9.17, 15) is 14.4 Å². The minimum atomic E-state index is -1.01. The number of ether oxygens (including phenoxy) is 1. The van der Waals surface area contributed by atoms with Crippen molar-refractivity contribution in [2.45, 2.75) is 264 Å². The van der Waals surface area contributed by atoms with E-state index in [2.05, 4.69) is 31.3 Å². The summed E-state index contributed by atoms with van der Waals surface area (Å²) in [7, 11) is 0. The molecule has 0 radical (unpaired) electrons. The van der Waals surface area contributed by atoms with Gasteiger partial charge in [0.15, 0.2) is 0 Å². The van der Waals surface area contributed by atoms with Crippen molar-refractivity contribution in [2.24, 2.45) is 0 Å². The Morgan fingerprint density at radius 1 is 0.491 bits per heavy atom. The number of hydrogen-bond donors (Lipinski definition) is 2. The molecule has 1 atom stereocenters. The Hall–Kier alpha value is -1.85. The second-order valence-corrected chi connectivity index (χ2v) is 16.0. The predicted octanol–water partition coefficient (Wildman–Crippen LogP) is 14.5. The van der Waals surface area contributed by atoms with E-state index < -0.39 is 5.97 Å². The topological polar surface area (TPSA) is 92.7 Å². The molecule has 1 amide bonds. The molecule has 1 unspecified atom stereocenters. The number of carbonyl (C=O) groups is 3. The van der Waals surface area contributed by atoms with Crippen LogP contribution in [-0.2, 0) is 19.1 Å². The Bertz CT molecular complexity index is 828. The molecule has 6 heteroatoms. The van der Waals surface area contributed by atoms with Crippen LogP contribution in [0.1, 0.15) is 258 Å². The van der Waals surface area contributed by atoms with E-state index >= 15 is 0 Å². The number of carbonyl (C=O) groups excluding carboxylic acids is 2. The molecule has 0 aromatic heterocycles. The lowest BCUT2D eigenvalue weighted by Crippen LogP contribution is -2.28. The van der Waals surface area contributed by atoms with Gasteiger partial charge in [0.2, 0.25) is 5.91 Å². The monoisotopic (exact) mass is 748 g/mol. The Morgan fingerprint density at radius 3 is 1.26 bits per heavy atom. The lowest BCUT2D eigenvalue weighted by Gasteiger charge is -2.15. The van der Waals surface area contributed by atoms with E-state index in [4.69, 9.17) is 9.84 Å². The molecule has 0 saturated heterocycles. The standard InChI is InChI=1S/C47H89NO5/c1-3-5-7-9-11-13-14-15-16-17-18-19-20-21-22-23-24-25-26-28-34-38-42-47(52)53-44(39-35-31-27-12-10-8-6-4-2)40-36-32-29-30-33-37-41-45(49)48-43-46(50)51/h35,39,44H,3-34,36-38,40-43H2,1-2H3,(H,48,49)(H,50,51)/b39-35-. The molecule has 0 aliphatic rings. The maximum absolute atomic E-state index is 12.7. The number of allylic oxidation sites excluding steroid dienone is 1. The van der Waals surface area contributed by atoms with Crippen molar-refractivity contribution < 1.29 is 24.2 Å². The Balaban J connectivity index is 3.92. The van der Waals surface area contributed by atoms with E-state index in [-0.39, 0.29) is 24.5 Å². The number of hydrogen-bond acceptors (Lipinski definition) is 4. The summed E-state index contributed by atoms with van der Waals surface area (Å²) in [5.74, 6) is -1.25. The second-order valence-electron chi connectivity index (χ2n) is 16.0. The van der Waals surface area contributed by atoms with Crippen molar-refractivity contribution in [1.29, 1.82) is 0 Å². The maximum atomic E-state index is 12.7. The van der Waals surface area contributed by atoms with Gasteiger partial charge in [-0.15, -0.1) is 0 Å². The Kier molecular flexibility index (Phi) is 41.4. The van der Waals surface area contributed by atoms with Crippen molar-refractivity contribution in [3.05, 3.63) is 12.2 Å². The lowest BCUT2D eigenvalue weighted by atomic mass is 10.0. The van der Waals surface area contributed by atoms with Gasteiger partial charge in [0, 0.05) is 12.8 Å². The molecule has 0 aromatic rings. The molecule has 0 aromatic carbocycles. The van der Waals surface area contributed by atoms with Crippen LogP contribution in [0.5, 0.6) is 0 Å². The van der Waals surface area contributed by atoms with E-state index in [1.165, 1.54) is 167 Å². The van der Waals surface area contributed by atoms with Crippen LogP contribution in [0.15, 0.2) is 12.2 Å². The molecule has 2 N–H and O–H groups in total. The smallest absolute Gasteiger partial charge is 0.322 e. The highest BCUT2D eigenvalue weighted by molar-refractivity contribution is 5.80. The van der Waals surface area contributed by atoms with Crippen molar-refractivity contribution in [2.75, 3.05) is 6.54 Å². The zero-order valence-electron chi connectivity index (χ0n) is 35.4. The van der Waals surface area contributed by atoms with Crippen LogP contribution in [0, 0.1) is 0 Å². The SMILES string of the molecule is CCCCCCCC/C=C\C(CCCCCCCCC(=O)NCC(=O)O)OC(=O)CCCCCCCCCCCCCCCCCCCCCCCC. The van der Waals surface area contributed by atoms with Crippen LogP contribution in [0.25, 0.3) is 0 Å². The molecule has 6 nitrogen and oxygen atoms in total. The third kappa shape index (κ3) is 42.8. The third-order valence-electron chi connectivity index (χ3n) is 10.7. The first-order valence-electron chi connectivity index (χ1n) is 23.3. The molecule has 0 aliphatic carbocycles. The summed E-state index contributed by atoms with van der Waals surface area (Å²) in [5.41, 5.74) is 0. The zero-order valence-corrected chi connectivity index (χ0v) is 35.4. The fourth-order valence-electron chi connectivity index (χ4n) is 7.19. The van der Waals surface area contributed by atoms with E-state index in [0.29, 0.717) is 12.8 Å². The average molecular weight is 748 g/mol. The number of nitrogens with one attached hydrogen (secondary N) is 1. The summed E-state index contributed by atoms with van der Waals surface area (Å²) >= 11 is 0. The van der Waals surface area contributed by atoms with Crippen LogP contribution >= 0.6 is 0 Å². The number of esters is 1. The first-order valence-corrected chi connectivity index (χ1v) is 23.3. The molecule has 53 heavy (non-hydrogen) atoms. The number of amides is 1. The van der Waals surface area contributed by atoms with E-state index in [0.717, 1.165) is 64.2 Å². The average Bonchev–Trinajstić information content (AvgIpc) is 3.14. The van der Waals surface area contributed by atoms with Gasteiger partial charge in [0.1, 0.15) is 12.6 Å². The summed E-state index contributed by atoms with van der Waals surface area (Å²) in [4.78, 5) is 34.9. The van der Waals surface area contributed by atoms with Gasteiger partial charge in [-0.3, -0.25) is 14.4 Å². The quantitative estimate of drug-likeness (QED) is 0.0368. The van der Waals surface area contributed by atoms with E-state index in [1.54, 1.807) is 0 Å². The maximum Gasteiger partial charge on any atom is 0.322 e. The number of carboxylic acids is 1. The Morgan fingerprint density at radius 2 is 0.849 bits per heavy atom. The normalized spacial score (nSPS) is 12.0. The number of unbranched alkanes of at least 4 members (excludes halogenated alkanes) is 32. The van der Waals surface area contributed by atoms with Crippen molar-refractivity contribution >= 4 is 17.8 Å². The fraction of sp³-hybridized carbons (Fsp3) is 0.894. The minimum Gasteiger partial charge on any atom is -0.480 e. The summed E-state index contributed by atoms with van der Waals surface area (Å²) < 4.78 is 5.96. The van der Waals surface area contributed by atoms with Gasteiger partial charge < -0.3 is 15.2 Å². The third-order valence-corrected chi connectivity index (χ3v) is 10.7.